The Bertz CT molecular complexity index is 503. The van der Waals surface area contributed by atoms with Crippen LogP contribution in [0, 0.1) is 6.92 Å². The fourth-order valence-corrected chi connectivity index (χ4v) is 2.23. The molecule has 0 aliphatic heterocycles. The molecular formula is C15H20ClN. The number of nitrogens with zero attached hydrogens (tertiary/aromatic N) is 1. The van der Waals surface area contributed by atoms with E-state index < -0.39 is 0 Å². The number of halogens is 1. The number of hydrogen-bond acceptors (Lipinski definition) is 1. The van der Waals surface area contributed by atoms with Gasteiger partial charge in [-0.05, 0) is 36.1 Å². The molecule has 0 bridgehead atoms. The molecule has 1 aromatic carbocycles. The standard InChI is InChI=1S/C13H14ClN.C2H6/c1-8(2)12-11(14)5-4-10-6-9(3)7-15-13(10)12;1-2/h4-8H,1-3H3;1-2H3. The fraction of sp³-hybridized carbons (Fsp3) is 0.400. The van der Waals surface area contributed by atoms with Crippen LogP contribution >= 0.6 is 11.6 Å². The summed E-state index contributed by atoms with van der Waals surface area (Å²) < 4.78 is 0. The summed E-state index contributed by atoms with van der Waals surface area (Å²) in [5.74, 6) is 0.399. The van der Waals surface area contributed by atoms with Gasteiger partial charge in [0.15, 0.2) is 0 Å². The van der Waals surface area contributed by atoms with Gasteiger partial charge < -0.3 is 0 Å². The number of hydrogen-bond donors (Lipinski definition) is 0. The number of aromatic nitrogens is 1. The van der Waals surface area contributed by atoms with Crippen LogP contribution in [0.4, 0.5) is 0 Å². The van der Waals surface area contributed by atoms with E-state index in [-0.39, 0.29) is 0 Å². The van der Waals surface area contributed by atoms with Gasteiger partial charge in [-0.1, -0.05) is 45.4 Å². The first-order valence-electron chi connectivity index (χ1n) is 6.14. The van der Waals surface area contributed by atoms with Crippen molar-refractivity contribution in [2.45, 2.75) is 40.5 Å². The van der Waals surface area contributed by atoms with Crippen LogP contribution < -0.4 is 0 Å². The summed E-state index contributed by atoms with van der Waals surface area (Å²) in [7, 11) is 0. The molecule has 1 heterocycles. The normalized spacial score (nSPS) is 10.3. The number of benzene rings is 1. The first kappa shape index (κ1) is 14.0. The molecule has 0 aliphatic rings. The minimum Gasteiger partial charge on any atom is -0.256 e. The lowest BCUT2D eigenvalue weighted by atomic mass is 9.99. The highest BCUT2D eigenvalue weighted by atomic mass is 35.5. The second-order valence-corrected chi connectivity index (χ2v) is 4.61. The Morgan fingerprint density at radius 2 is 1.82 bits per heavy atom. The van der Waals surface area contributed by atoms with E-state index in [0.29, 0.717) is 5.92 Å². The molecule has 92 valence electrons. The van der Waals surface area contributed by atoms with Crippen LogP contribution in [0.15, 0.2) is 24.4 Å². The van der Waals surface area contributed by atoms with E-state index in [0.717, 1.165) is 16.1 Å². The highest BCUT2D eigenvalue weighted by Gasteiger charge is 2.10. The largest absolute Gasteiger partial charge is 0.256 e. The smallest absolute Gasteiger partial charge is 0.0751 e. The van der Waals surface area contributed by atoms with E-state index >= 15 is 0 Å². The second kappa shape index (κ2) is 6.02. The predicted octanol–water partition coefficient (Wildman–Crippen LogP) is 5.35. The third-order valence-electron chi connectivity index (χ3n) is 2.55. The summed E-state index contributed by atoms with van der Waals surface area (Å²) in [4.78, 5) is 4.48. The average molecular weight is 250 g/mol. The molecule has 0 unspecified atom stereocenters. The van der Waals surface area contributed by atoms with Crippen molar-refractivity contribution < 1.29 is 0 Å². The minimum atomic E-state index is 0.399. The van der Waals surface area contributed by atoms with Crippen molar-refractivity contribution in [3.8, 4) is 0 Å². The molecule has 0 saturated heterocycles. The van der Waals surface area contributed by atoms with Crippen LogP contribution in [-0.2, 0) is 0 Å². The molecule has 0 radical (unpaired) electrons. The highest BCUT2D eigenvalue weighted by Crippen LogP contribution is 2.30. The third-order valence-corrected chi connectivity index (χ3v) is 2.88. The highest BCUT2D eigenvalue weighted by molar-refractivity contribution is 6.32. The van der Waals surface area contributed by atoms with Gasteiger partial charge in [-0.3, -0.25) is 4.98 Å². The lowest BCUT2D eigenvalue weighted by Gasteiger charge is -2.11. The Balaban J connectivity index is 0.000000686. The Labute approximate surface area is 109 Å². The zero-order valence-electron chi connectivity index (χ0n) is 11.2. The van der Waals surface area contributed by atoms with Gasteiger partial charge in [0.25, 0.3) is 0 Å². The number of pyridine rings is 1. The predicted molar refractivity (Wildman–Crippen MR) is 76.9 cm³/mol. The molecule has 17 heavy (non-hydrogen) atoms. The molecule has 0 amide bonds. The molecule has 0 atom stereocenters. The monoisotopic (exact) mass is 249 g/mol. The lowest BCUT2D eigenvalue weighted by Crippen LogP contribution is -1.93. The van der Waals surface area contributed by atoms with Gasteiger partial charge in [0, 0.05) is 16.6 Å². The van der Waals surface area contributed by atoms with Crippen molar-refractivity contribution >= 4 is 22.5 Å². The van der Waals surface area contributed by atoms with Gasteiger partial charge in [-0.25, -0.2) is 0 Å². The minimum absolute atomic E-state index is 0.399. The van der Waals surface area contributed by atoms with Crippen molar-refractivity contribution in [3.63, 3.8) is 0 Å². The van der Waals surface area contributed by atoms with Crippen molar-refractivity contribution in [1.29, 1.82) is 0 Å². The Morgan fingerprint density at radius 3 is 2.41 bits per heavy atom. The average Bonchev–Trinajstić information content (AvgIpc) is 2.31. The van der Waals surface area contributed by atoms with E-state index in [1.807, 2.05) is 32.2 Å². The summed E-state index contributed by atoms with van der Waals surface area (Å²) in [6.07, 6.45) is 1.89. The van der Waals surface area contributed by atoms with Crippen molar-refractivity contribution in [2.75, 3.05) is 0 Å². The molecule has 1 nitrogen and oxygen atoms in total. The topological polar surface area (TPSA) is 12.9 Å². The van der Waals surface area contributed by atoms with Crippen molar-refractivity contribution in [3.05, 3.63) is 40.5 Å². The molecule has 2 aromatic rings. The van der Waals surface area contributed by atoms with Gasteiger partial charge in [-0.15, -0.1) is 0 Å². The Kier molecular flexibility index (Phi) is 4.95. The van der Waals surface area contributed by atoms with Crippen LogP contribution in [0.3, 0.4) is 0 Å². The molecule has 0 saturated carbocycles. The van der Waals surface area contributed by atoms with Gasteiger partial charge >= 0.3 is 0 Å². The van der Waals surface area contributed by atoms with Crippen LogP contribution in [0.25, 0.3) is 10.9 Å². The van der Waals surface area contributed by atoms with Gasteiger partial charge in [0.05, 0.1) is 5.52 Å². The molecule has 0 spiro atoms. The number of fused-ring (bicyclic) bond motifs is 1. The van der Waals surface area contributed by atoms with E-state index in [1.165, 1.54) is 10.9 Å². The van der Waals surface area contributed by atoms with Gasteiger partial charge in [-0.2, -0.15) is 0 Å². The molecule has 2 heteroatoms. The second-order valence-electron chi connectivity index (χ2n) is 4.20. The van der Waals surface area contributed by atoms with E-state index in [4.69, 9.17) is 11.6 Å². The van der Waals surface area contributed by atoms with E-state index in [2.05, 4.69) is 31.8 Å². The fourth-order valence-electron chi connectivity index (χ4n) is 1.86. The van der Waals surface area contributed by atoms with Crippen LogP contribution in [0.2, 0.25) is 5.02 Å². The van der Waals surface area contributed by atoms with Crippen LogP contribution in [0.5, 0.6) is 0 Å². The van der Waals surface area contributed by atoms with Gasteiger partial charge in [0.2, 0.25) is 0 Å². The summed E-state index contributed by atoms with van der Waals surface area (Å²) in [5.41, 5.74) is 3.36. The molecule has 1 aromatic heterocycles. The maximum Gasteiger partial charge on any atom is 0.0751 e. The summed E-state index contributed by atoms with van der Waals surface area (Å²) in [5, 5.41) is 1.98. The van der Waals surface area contributed by atoms with Crippen LogP contribution in [-0.4, -0.2) is 4.98 Å². The van der Waals surface area contributed by atoms with Crippen molar-refractivity contribution in [1.82, 2.24) is 4.98 Å². The Hall–Kier alpha value is -1.08. The molecule has 0 aliphatic carbocycles. The maximum atomic E-state index is 6.20. The first-order chi connectivity index (χ1) is 8.09. The molecular weight excluding hydrogens is 230 g/mol. The lowest BCUT2D eigenvalue weighted by molar-refractivity contribution is 0.873. The summed E-state index contributed by atoms with van der Waals surface area (Å²) in [6.45, 7) is 10.3. The van der Waals surface area contributed by atoms with E-state index in [1.54, 1.807) is 0 Å². The van der Waals surface area contributed by atoms with Crippen LogP contribution in [0.1, 0.15) is 44.7 Å². The number of rotatable bonds is 1. The molecule has 0 N–H and O–H groups in total. The maximum absolute atomic E-state index is 6.20. The van der Waals surface area contributed by atoms with E-state index in [9.17, 15) is 0 Å². The van der Waals surface area contributed by atoms with Crippen molar-refractivity contribution in [2.24, 2.45) is 0 Å². The summed E-state index contributed by atoms with van der Waals surface area (Å²) >= 11 is 6.20. The summed E-state index contributed by atoms with van der Waals surface area (Å²) in [6, 6.07) is 6.13. The Morgan fingerprint density at radius 1 is 1.18 bits per heavy atom. The first-order valence-corrected chi connectivity index (χ1v) is 6.52. The quantitative estimate of drug-likeness (QED) is 0.664. The zero-order chi connectivity index (χ0) is 13.0. The SMILES string of the molecule is CC.Cc1cnc2c(C(C)C)c(Cl)ccc2c1. The third kappa shape index (κ3) is 2.98. The zero-order valence-corrected chi connectivity index (χ0v) is 12.0. The van der Waals surface area contributed by atoms with Gasteiger partial charge in [0.1, 0.15) is 0 Å². The molecule has 0 fully saturated rings. The number of aryl methyl sites for hydroxylation is 1. The molecule has 2 rings (SSSR count).